The Kier molecular flexibility index (Phi) is 11.8. The lowest BCUT2D eigenvalue weighted by atomic mass is 10.2. The molecule has 76 valence electrons. The van der Waals surface area contributed by atoms with Gasteiger partial charge in [-0.05, 0) is 12.3 Å². The molecule has 0 aliphatic heterocycles. The van der Waals surface area contributed by atoms with Crippen molar-refractivity contribution < 1.29 is 9.09 Å². The SMILES string of the molecule is CC(C)CCO[PH](=O)CNN.Cl. The largest absolute Gasteiger partial charge is 0.330 e. The Hall–Kier alpha value is 0.400. The van der Waals surface area contributed by atoms with E-state index in [2.05, 4.69) is 19.3 Å². The van der Waals surface area contributed by atoms with Gasteiger partial charge in [0.1, 0.15) is 0 Å². The van der Waals surface area contributed by atoms with Crippen molar-refractivity contribution >= 4 is 20.4 Å². The van der Waals surface area contributed by atoms with Crippen molar-refractivity contribution in [1.29, 1.82) is 0 Å². The van der Waals surface area contributed by atoms with Crippen LogP contribution in [0.15, 0.2) is 0 Å². The molecule has 0 heterocycles. The normalized spacial score (nSPS) is 12.7. The summed E-state index contributed by atoms with van der Waals surface area (Å²) in [5, 5.41) is 0. The lowest BCUT2D eigenvalue weighted by Gasteiger charge is -2.05. The van der Waals surface area contributed by atoms with E-state index < -0.39 is 8.03 Å². The van der Waals surface area contributed by atoms with Gasteiger partial charge in [-0.1, -0.05) is 13.8 Å². The Morgan fingerprint density at radius 1 is 1.58 bits per heavy atom. The van der Waals surface area contributed by atoms with E-state index in [4.69, 9.17) is 10.4 Å². The summed E-state index contributed by atoms with van der Waals surface area (Å²) in [6.07, 6.45) is 1.21. The van der Waals surface area contributed by atoms with Crippen LogP contribution in [0.25, 0.3) is 0 Å². The van der Waals surface area contributed by atoms with Gasteiger partial charge >= 0.3 is 0 Å². The fraction of sp³-hybridized carbons (Fsp3) is 1.00. The number of rotatable bonds is 6. The van der Waals surface area contributed by atoms with Gasteiger partial charge in [-0.15, -0.1) is 12.4 Å². The Morgan fingerprint density at radius 2 is 2.17 bits per heavy atom. The van der Waals surface area contributed by atoms with E-state index in [0.717, 1.165) is 6.42 Å². The molecule has 0 radical (unpaired) electrons. The molecule has 0 aliphatic carbocycles. The van der Waals surface area contributed by atoms with Gasteiger partial charge in [0, 0.05) is 0 Å². The minimum atomic E-state index is -1.92. The zero-order valence-corrected chi connectivity index (χ0v) is 9.32. The van der Waals surface area contributed by atoms with Crippen LogP contribution >= 0.6 is 20.4 Å². The van der Waals surface area contributed by atoms with E-state index in [1.165, 1.54) is 0 Å². The summed E-state index contributed by atoms with van der Waals surface area (Å²) in [4.78, 5) is 0. The van der Waals surface area contributed by atoms with Gasteiger partial charge in [0.15, 0.2) is 0 Å². The average Bonchev–Trinajstić information content (AvgIpc) is 1.87. The van der Waals surface area contributed by atoms with Crippen molar-refractivity contribution in [2.24, 2.45) is 11.8 Å². The lowest BCUT2D eigenvalue weighted by molar-refractivity contribution is 0.299. The molecule has 0 aromatic carbocycles. The standard InChI is InChI=1S/C6H17N2O2P.ClH/c1-6(2)3-4-10-11(9)5-8-7;/h6,8,11H,3-5,7H2,1-2H3;1H. The predicted octanol–water partition coefficient (Wildman–Crippen LogP) is 1.37. The van der Waals surface area contributed by atoms with E-state index in [-0.39, 0.29) is 18.7 Å². The fourth-order valence-electron chi connectivity index (χ4n) is 0.543. The van der Waals surface area contributed by atoms with Gasteiger partial charge in [0.05, 0.1) is 12.9 Å². The molecule has 0 fully saturated rings. The maximum absolute atomic E-state index is 10.8. The fourth-order valence-corrected chi connectivity index (χ4v) is 1.16. The van der Waals surface area contributed by atoms with E-state index in [1.807, 2.05) is 0 Å². The molecule has 0 aliphatic rings. The van der Waals surface area contributed by atoms with Crippen LogP contribution in [0.4, 0.5) is 0 Å². The molecule has 0 aromatic rings. The third kappa shape index (κ3) is 10.4. The highest BCUT2D eigenvalue weighted by atomic mass is 35.5. The predicted molar refractivity (Wildman–Crippen MR) is 53.8 cm³/mol. The quantitative estimate of drug-likeness (QED) is 0.400. The summed E-state index contributed by atoms with van der Waals surface area (Å²) < 4.78 is 15.8. The topological polar surface area (TPSA) is 64.3 Å². The van der Waals surface area contributed by atoms with Gasteiger partial charge in [-0.2, -0.15) is 0 Å². The minimum absolute atomic E-state index is 0. The number of nitrogens with one attached hydrogen (secondary N) is 1. The summed E-state index contributed by atoms with van der Waals surface area (Å²) in [7, 11) is -1.92. The molecule has 0 rings (SSSR count). The maximum Gasteiger partial charge on any atom is 0.206 e. The second-order valence-electron chi connectivity index (χ2n) is 2.78. The van der Waals surface area contributed by atoms with E-state index in [1.54, 1.807) is 0 Å². The highest BCUT2D eigenvalue weighted by molar-refractivity contribution is 7.39. The van der Waals surface area contributed by atoms with Crippen molar-refractivity contribution in [3.05, 3.63) is 0 Å². The number of hydrogen-bond donors (Lipinski definition) is 2. The second-order valence-corrected chi connectivity index (χ2v) is 4.17. The summed E-state index contributed by atoms with van der Waals surface area (Å²) in [5.41, 5.74) is 2.31. The highest BCUT2D eigenvalue weighted by Crippen LogP contribution is 2.20. The molecule has 4 nitrogen and oxygen atoms in total. The molecule has 0 saturated carbocycles. The van der Waals surface area contributed by atoms with Crippen LogP contribution in [0.2, 0.25) is 0 Å². The van der Waals surface area contributed by atoms with Crippen molar-refractivity contribution in [3.63, 3.8) is 0 Å². The Labute approximate surface area is 80.5 Å². The molecular formula is C6H18ClN2O2P. The molecule has 1 unspecified atom stereocenters. The third-order valence-electron chi connectivity index (χ3n) is 1.20. The van der Waals surface area contributed by atoms with Crippen molar-refractivity contribution in [2.75, 3.05) is 12.9 Å². The number of hydrogen-bond acceptors (Lipinski definition) is 4. The molecule has 0 saturated heterocycles. The van der Waals surface area contributed by atoms with Crippen molar-refractivity contribution in [2.45, 2.75) is 20.3 Å². The van der Waals surface area contributed by atoms with Gasteiger partial charge in [0.25, 0.3) is 0 Å². The Balaban J connectivity index is 0. The van der Waals surface area contributed by atoms with E-state index in [0.29, 0.717) is 12.5 Å². The van der Waals surface area contributed by atoms with Gasteiger partial charge in [-0.3, -0.25) is 15.8 Å². The van der Waals surface area contributed by atoms with Crippen LogP contribution < -0.4 is 11.3 Å². The van der Waals surface area contributed by atoms with Crippen molar-refractivity contribution in [1.82, 2.24) is 5.43 Å². The number of hydrazine groups is 1. The van der Waals surface area contributed by atoms with Crippen LogP contribution in [0.1, 0.15) is 20.3 Å². The maximum atomic E-state index is 10.8. The first-order valence-electron chi connectivity index (χ1n) is 3.76. The molecule has 0 amide bonds. The van der Waals surface area contributed by atoms with Gasteiger partial charge in [0.2, 0.25) is 8.03 Å². The molecule has 0 aromatic heterocycles. The zero-order valence-electron chi connectivity index (χ0n) is 7.50. The lowest BCUT2D eigenvalue weighted by Crippen LogP contribution is -2.21. The number of halogens is 1. The Bertz CT molecular complexity index is 124. The summed E-state index contributed by atoms with van der Waals surface area (Å²) in [6, 6.07) is 0. The number of nitrogens with two attached hydrogens (primary N) is 1. The van der Waals surface area contributed by atoms with Crippen LogP contribution in [-0.4, -0.2) is 12.9 Å². The molecule has 3 N–H and O–H groups in total. The van der Waals surface area contributed by atoms with Gasteiger partial charge in [-0.25, -0.2) is 0 Å². The van der Waals surface area contributed by atoms with Crippen LogP contribution in [-0.2, 0) is 9.09 Å². The molecule has 0 bridgehead atoms. The highest BCUT2D eigenvalue weighted by Gasteiger charge is 1.98. The first-order valence-corrected chi connectivity index (χ1v) is 5.28. The van der Waals surface area contributed by atoms with E-state index in [9.17, 15) is 4.57 Å². The average molecular weight is 217 g/mol. The molecule has 1 atom stereocenters. The third-order valence-corrected chi connectivity index (χ3v) is 2.22. The summed E-state index contributed by atoms with van der Waals surface area (Å²) in [5.74, 6) is 5.55. The van der Waals surface area contributed by atoms with E-state index >= 15 is 0 Å². The molecule has 0 spiro atoms. The molecular weight excluding hydrogens is 199 g/mol. The van der Waals surface area contributed by atoms with Crippen LogP contribution in [0.5, 0.6) is 0 Å². The Morgan fingerprint density at radius 3 is 2.58 bits per heavy atom. The monoisotopic (exact) mass is 216 g/mol. The zero-order chi connectivity index (χ0) is 8.69. The van der Waals surface area contributed by atoms with Gasteiger partial charge < -0.3 is 4.52 Å². The first-order chi connectivity index (χ1) is 5.16. The first kappa shape index (κ1) is 14.9. The smallest absolute Gasteiger partial charge is 0.206 e. The van der Waals surface area contributed by atoms with Crippen LogP contribution in [0, 0.1) is 5.92 Å². The molecule has 6 heteroatoms. The van der Waals surface area contributed by atoms with Crippen molar-refractivity contribution in [3.8, 4) is 0 Å². The summed E-state index contributed by atoms with van der Waals surface area (Å²) >= 11 is 0. The molecule has 12 heavy (non-hydrogen) atoms. The minimum Gasteiger partial charge on any atom is -0.330 e. The second kappa shape index (κ2) is 9.49. The van der Waals surface area contributed by atoms with Crippen LogP contribution in [0.3, 0.4) is 0 Å². The summed E-state index contributed by atoms with van der Waals surface area (Å²) in [6.45, 7) is 4.76.